The first-order chi connectivity index (χ1) is 13.8. The van der Waals surface area contributed by atoms with Gasteiger partial charge < -0.3 is 9.15 Å². The van der Waals surface area contributed by atoms with Crippen molar-refractivity contribution in [2.45, 2.75) is 26.6 Å². The number of oxazole rings is 1. The highest BCUT2D eigenvalue weighted by atomic mass is 19.4. The van der Waals surface area contributed by atoms with E-state index in [0.717, 1.165) is 29.6 Å². The van der Waals surface area contributed by atoms with E-state index >= 15 is 0 Å². The van der Waals surface area contributed by atoms with Gasteiger partial charge in [0, 0.05) is 5.56 Å². The number of aryl methyl sites for hydroxylation is 1. The van der Waals surface area contributed by atoms with Crippen molar-refractivity contribution < 1.29 is 27.1 Å². The summed E-state index contributed by atoms with van der Waals surface area (Å²) in [6, 6.07) is 11.9. The predicted molar refractivity (Wildman–Crippen MR) is 102 cm³/mol. The largest absolute Gasteiger partial charge is 0.487 e. The van der Waals surface area contributed by atoms with Gasteiger partial charge in [0.25, 0.3) is 0 Å². The highest BCUT2D eigenvalue weighted by Crippen LogP contribution is 2.31. The van der Waals surface area contributed by atoms with Crippen LogP contribution in [0.1, 0.15) is 29.5 Å². The molecule has 7 heteroatoms. The second kappa shape index (κ2) is 8.34. The number of nitrogens with zero attached hydrogens (tertiary/aromatic N) is 1. The number of halogens is 3. The monoisotopic (exact) mass is 401 g/mol. The summed E-state index contributed by atoms with van der Waals surface area (Å²) >= 11 is 0. The van der Waals surface area contributed by atoms with Crippen molar-refractivity contribution in [1.29, 1.82) is 0 Å². The van der Waals surface area contributed by atoms with E-state index in [4.69, 9.17) is 9.15 Å². The normalized spacial score (nSPS) is 12.1. The Labute approximate surface area is 165 Å². The molecule has 0 saturated carbocycles. The maximum absolute atomic E-state index is 12.7. The summed E-state index contributed by atoms with van der Waals surface area (Å²) in [7, 11) is 0. The molecule has 0 spiro atoms. The first-order valence-electron chi connectivity index (χ1n) is 8.77. The van der Waals surface area contributed by atoms with Crippen LogP contribution in [-0.2, 0) is 17.6 Å². The van der Waals surface area contributed by atoms with E-state index in [1.54, 1.807) is 13.0 Å². The van der Waals surface area contributed by atoms with Gasteiger partial charge in [-0.15, -0.1) is 0 Å². The summed E-state index contributed by atoms with van der Waals surface area (Å²) in [5.74, 6) is 1.35. The van der Waals surface area contributed by atoms with Crippen molar-refractivity contribution in [3.8, 4) is 17.2 Å². The fraction of sp³-hybridized carbons (Fsp3) is 0.182. The first kappa shape index (κ1) is 20.4. The minimum Gasteiger partial charge on any atom is -0.487 e. The molecule has 0 N–H and O–H groups in total. The molecule has 0 aliphatic heterocycles. The van der Waals surface area contributed by atoms with Crippen LogP contribution >= 0.6 is 0 Å². The molecule has 3 aromatic rings. The highest BCUT2D eigenvalue weighted by molar-refractivity contribution is 5.80. The number of ether oxygens (including phenoxy) is 1. The quantitative estimate of drug-likeness (QED) is 0.384. The molecule has 0 saturated heterocycles. The lowest BCUT2D eigenvalue weighted by Gasteiger charge is -2.07. The number of aromatic nitrogens is 1. The SMILES string of the molecule is C/C(=C/C=O)c1cccc(OCc2nc(-c3ccc(C(F)(F)F)cc3)oc2C)c1. The molecule has 3 rings (SSSR count). The van der Waals surface area contributed by atoms with E-state index in [1.165, 1.54) is 18.2 Å². The van der Waals surface area contributed by atoms with Gasteiger partial charge in [-0.3, -0.25) is 4.79 Å². The molecular formula is C22H18F3NO3. The maximum atomic E-state index is 12.7. The highest BCUT2D eigenvalue weighted by Gasteiger charge is 2.30. The minimum atomic E-state index is -4.39. The molecule has 1 aromatic heterocycles. The molecule has 2 aromatic carbocycles. The number of alkyl halides is 3. The summed E-state index contributed by atoms with van der Waals surface area (Å²) in [6.07, 6.45) is -2.19. The van der Waals surface area contributed by atoms with E-state index in [2.05, 4.69) is 4.98 Å². The van der Waals surface area contributed by atoms with Crippen LogP contribution in [-0.4, -0.2) is 11.3 Å². The van der Waals surface area contributed by atoms with E-state index in [0.29, 0.717) is 22.8 Å². The zero-order chi connectivity index (χ0) is 21.0. The molecule has 0 radical (unpaired) electrons. The van der Waals surface area contributed by atoms with Gasteiger partial charge in [-0.1, -0.05) is 12.1 Å². The molecule has 0 aliphatic carbocycles. The Bertz CT molecular complexity index is 1030. The average molecular weight is 401 g/mol. The average Bonchev–Trinajstić information content (AvgIpc) is 3.07. The number of hydrogen-bond acceptors (Lipinski definition) is 4. The standard InChI is InChI=1S/C22H18F3NO3/c1-14(10-11-27)17-4-3-5-19(12-17)28-13-20-15(2)29-21(26-20)16-6-8-18(9-7-16)22(23,24)25/h3-12H,13H2,1-2H3/b14-10-. The number of aldehydes is 1. The van der Waals surface area contributed by atoms with Crippen LogP contribution in [0.4, 0.5) is 13.2 Å². The third-order valence-electron chi connectivity index (χ3n) is 4.33. The number of hydrogen-bond donors (Lipinski definition) is 0. The Morgan fingerprint density at radius 2 is 1.90 bits per heavy atom. The Kier molecular flexibility index (Phi) is 5.87. The van der Waals surface area contributed by atoms with Gasteiger partial charge in [-0.05, 0) is 67.5 Å². The number of carbonyl (C=O) groups excluding carboxylic acids is 1. The molecular weight excluding hydrogens is 383 g/mol. The molecule has 29 heavy (non-hydrogen) atoms. The molecule has 0 fully saturated rings. The Morgan fingerprint density at radius 3 is 2.55 bits per heavy atom. The molecule has 0 amide bonds. The van der Waals surface area contributed by atoms with Gasteiger partial charge in [0.2, 0.25) is 5.89 Å². The van der Waals surface area contributed by atoms with Crippen molar-refractivity contribution in [2.75, 3.05) is 0 Å². The Morgan fingerprint density at radius 1 is 1.17 bits per heavy atom. The lowest BCUT2D eigenvalue weighted by Crippen LogP contribution is -2.04. The summed E-state index contributed by atoms with van der Waals surface area (Å²) in [6.45, 7) is 3.67. The maximum Gasteiger partial charge on any atom is 0.416 e. The Balaban J connectivity index is 1.74. The lowest BCUT2D eigenvalue weighted by atomic mass is 10.1. The molecule has 0 unspecified atom stereocenters. The van der Waals surface area contributed by atoms with Crippen LogP contribution in [0, 0.1) is 6.92 Å². The molecule has 1 heterocycles. The van der Waals surface area contributed by atoms with Crippen LogP contribution in [0.5, 0.6) is 5.75 Å². The van der Waals surface area contributed by atoms with Crippen molar-refractivity contribution in [2.24, 2.45) is 0 Å². The number of carbonyl (C=O) groups is 1. The van der Waals surface area contributed by atoms with Crippen LogP contribution < -0.4 is 4.74 Å². The van der Waals surface area contributed by atoms with Crippen molar-refractivity contribution in [3.05, 3.63) is 77.2 Å². The smallest absolute Gasteiger partial charge is 0.416 e. The Hall–Kier alpha value is -3.35. The number of allylic oxidation sites excluding steroid dienone is 2. The van der Waals surface area contributed by atoms with Gasteiger partial charge in [-0.25, -0.2) is 4.98 Å². The molecule has 150 valence electrons. The van der Waals surface area contributed by atoms with E-state index < -0.39 is 11.7 Å². The van der Waals surface area contributed by atoms with Crippen molar-refractivity contribution in [1.82, 2.24) is 4.98 Å². The van der Waals surface area contributed by atoms with Crippen LogP contribution in [0.3, 0.4) is 0 Å². The zero-order valence-electron chi connectivity index (χ0n) is 15.8. The second-order valence-electron chi connectivity index (χ2n) is 6.40. The van der Waals surface area contributed by atoms with E-state index in [9.17, 15) is 18.0 Å². The topological polar surface area (TPSA) is 52.3 Å². The fourth-order valence-electron chi connectivity index (χ4n) is 2.67. The van der Waals surface area contributed by atoms with Gasteiger partial charge in [0.05, 0.1) is 5.56 Å². The molecule has 0 aliphatic rings. The van der Waals surface area contributed by atoms with Gasteiger partial charge in [0.1, 0.15) is 30.1 Å². The van der Waals surface area contributed by atoms with Crippen molar-refractivity contribution >= 4 is 11.9 Å². The number of benzene rings is 2. The van der Waals surface area contributed by atoms with Crippen LogP contribution in [0.15, 0.2) is 59.0 Å². The molecule has 0 atom stereocenters. The van der Waals surface area contributed by atoms with Crippen molar-refractivity contribution in [3.63, 3.8) is 0 Å². The number of rotatable bonds is 6. The minimum absolute atomic E-state index is 0.135. The summed E-state index contributed by atoms with van der Waals surface area (Å²) in [5.41, 5.74) is 1.94. The van der Waals surface area contributed by atoms with Gasteiger partial charge >= 0.3 is 6.18 Å². The summed E-state index contributed by atoms with van der Waals surface area (Å²) < 4.78 is 49.4. The van der Waals surface area contributed by atoms with E-state index in [1.807, 2.05) is 25.1 Å². The fourth-order valence-corrected chi connectivity index (χ4v) is 2.67. The second-order valence-corrected chi connectivity index (χ2v) is 6.40. The van der Waals surface area contributed by atoms with Crippen LogP contribution in [0.25, 0.3) is 17.0 Å². The molecule has 0 bridgehead atoms. The van der Waals surface area contributed by atoms with E-state index in [-0.39, 0.29) is 12.5 Å². The third kappa shape index (κ3) is 4.93. The third-order valence-corrected chi connectivity index (χ3v) is 4.33. The predicted octanol–water partition coefficient (Wildman–Crippen LogP) is 5.85. The lowest BCUT2D eigenvalue weighted by molar-refractivity contribution is -0.137. The summed E-state index contributed by atoms with van der Waals surface area (Å²) in [5, 5.41) is 0. The van der Waals surface area contributed by atoms with Crippen LogP contribution in [0.2, 0.25) is 0 Å². The zero-order valence-corrected chi connectivity index (χ0v) is 15.8. The first-order valence-corrected chi connectivity index (χ1v) is 8.77. The molecule has 4 nitrogen and oxygen atoms in total. The summed E-state index contributed by atoms with van der Waals surface area (Å²) in [4.78, 5) is 15.0. The van der Waals surface area contributed by atoms with Gasteiger partial charge in [-0.2, -0.15) is 13.2 Å². The van der Waals surface area contributed by atoms with Gasteiger partial charge in [0.15, 0.2) is 0 Å².